The summed E-state index contributed by atoms with van der Waals surface area (Å²) in [6.45, 7) is 1.65. The van der Waals surface area contributed by atoms with Crippen molar-refractivity contribution in [3.63, 3.8) is 0 Å². The van der Waals surface area contributed by atoms with Crippen LogP contribution in [0.4, 0.5) is 10.1 Å². The maximum Gasteiger partial charge on any atom is 0.273 e. The number of aryl methyl sites for hydroxylation is 1. The van der Waals surface area contributed by atoms with E-state index in [-0.39, 0.29) is 40.3 Å². The number of halogens is 2. The van der Waals surface area contributed by atoms with Crippen molar-refractivity contribution in [3.05, 3.63) is 74.0 Å². The van der Waals surface area contributed by atoms with Crippen molar-refractivity contribution < 1.29 is 14.1 Å². The van der Waals surface area contributed by atoms with Crippen LogP contribution in [0.25, 0.3) is 0 Å². The number of hydrogen-bond acceptors (Lipinski definition) is 3. The molecular formula is C18H16ClFN2O3. The molecule has 0 heterocycles. The third-order valence-corrected chi connectivity index (χ3v) is 4.65. The Hall–Kier alpha value is -2.47. The number of benzene rings is 2. The summed E-state index contributed by atoms with van der Waals surface area (Å²) >= 11 is 6.07. The smallest absolute Gasteiger partial charge is 0.273 e. The highest BCUT2D eigenvalue weighted by Gasteiger charge is 2.34. The average molecular weight is 363 g/mol. The molecule has 5 nitrogen and oxygen atoms in total. The number of nitro benzene ring substituents is 1. The molecule has 1 aliphatic carbocycles. The Bertz CT molecular complexity index is 832. The lowest BCUT2D eigenvalue weighted by Crippen LogP contribution is -2.33. The molecule has 1 aliphatic rings. The van der Waals surface area contributed by atoms with Crippen molar-refractivity contribution in [1.29, 1.82) is 0 Å². The first kappa shape index (κ1) is 17.4. The van der Waals surface area contributed by atoms with Gasteiger partial charge in [0.25, 0.3) is 11.6 Å². The molecule has 1 amide bonds. The van der Waals surface area contributed by atoms with Gasteiger partial charge in [-0.25, -0.2) is 4.39 Å². The molecule has 2 aromatic rings. The first-order chi connectivity index (χ1) is 11.9. The number of rotatable bonds is 5. The van der Waals surface area contributed by atoms with Crippen LogP contribution in [0, 0.1) is 22.9 Å². The van der Waals surface area contributed by atoms with Crippen molar-refractivity contribution in [3.8, 4) is 0 Å². The van der Waals surface area contributed by atoms with E-state index in [0.717, 1.165) is 12.8 Å². The summed E-state index contributed by atoms with van der Waals surface area (Å²) in [5.74, 6) is -0.828. The zero-order valence-electron chi connectivity index (χ0n) is 13.5. The van der Waals surface area contributed by atoms with Gasteiger partial charge in [-0.15, -0.1) is 0 Å². The molecule has 1 saturated carbocycles. The molecule has 0 aromatic heterocycles. The summed E-state index contributed by atoms with van der Waals surface area (Å²) in [6, 6.07) is 8.77. The van der Waals surface area contributed by atoms with Crippen molar-refractivity contribution >= 4 is 23.2 Å². The molecule has 2 aromatic carbocycles. The molecule has 0 unspecified atom stereocenters. The zero-order chi connectivity index (χ0) is 18.1. The maximum absolute atomic E-state index is 14.1. The Balaban J connectivity index is 1.92. The molecule has 0 saturated heterocycles. The minimum absolute atomic E-state index is 0.00327. The van der Waals surface area contributed by atoms with Crippen LogP contribution in [0.1, 0.15) is 34.3 Å². The molecule has 1 fully saturated rings. The largest absolute Gasteiger partial charge is 0.331 e. The second kappa shape index (κ2) is 6.80. The molecule has 0 radical (unpaired) electrons. The summed E-state index contributed by atoms with van der Waals surface area (Å²) in [5.41, 5.74) is 0.852. The highest BCUT2D eigenvalue weighted by molar-refractivity contribution is 6.31. The normalized spacial score (nSPS) is 13.6. The predicted octanol–water partition coefficient (Wildman–Crippen LogP) is 4.50. The Labute approximate surface area is 149 Å². The molecule has 0 bridgehead atoms. The van der Waals surface area contributed by atoms with Crippen molar-refractivity contribution in [1.82, 2.24) is 4.90 Å². The Kier molecular flexibility index (Phi) is 4.72. The van der Waals surface area contributed by atoms with Crippen molar-refractivity contribution in [2.75, 3.05) is 0 Å². The van der Waals surface area contributed by atoms with Crippen LogP contribution in [0.2, 0.25) is 5.02 Å². The Morgan fingerprint density at radius 2 is 2.08 bits per heavy atom. The lowest BCUT2D eigenvalue weighted by Gasteiger charge is -2.23. The van der Waals surface area contributed by atoms with E-state index in [9.17, 15) is 19.3 Å². The lowest BCUT2D eigenvalue weighted by molar-refractivity contribution is -0.385. The average Bonchev–Trinajstić information content (AvgIpc) is 3.39. The van der Waals surface area contributed by atoms with Gasteiger partial charge in [0.15, 0.2) is 0 Å². The zero-order valence-corrected chi connectivity index (χ0v) is 14.3. The SMILES string of the molecule is Cc1ccc(C(=O)N(Cc2c(F)cccc2Cl)C2CC2)cc1[N+](=O)[O-]. The van der Waals surface area contributed by atoms with E-state index < -0.39 is 10.7 Å². The molecule has 0 atom stereocenters. The van der Waals surface area contributed by atoms with Crippen molar-refractivity contribution in [2.45, 2.75) is 32.4 Å². The van der Waals surface area contributed by atoms with E-state index in [2.05, 4.69) is 0 Å². The number of hydrogen-bond donors (Lipinski definition) is 0. The fourth-order valence-electron chi connectivity index (χ4n) is 2.71. The number of nitrogens with zero attached hydrogens (tertiary/aromatic N) is 2. The fourth-order valence-corrected chi connectivity index (χ4v) is 2.93. The Morgan fingerprint density at radius 3 is 2.68 bits per heavy atom. The fraction of sp³-hybridized carbons (Fsp3) is 0.278. The number of carbonyl (C=O) groups is 1. The van der Waals surface area contributed by atoms with Crippen LogP contribution in [0.15, 0.2) is 36.4 Å². The number of carbonyl (C=O) groups excluding carboxylic acids is 1. The number of amides is 1. The maximum atomic E-state index is 14.1. The van der Waals surface area contributed by atoms with E-state index in [0.29, 0.717) is 5.56 Å². The van der Waals surface area contributed by atoms with Crippen LogP contribution in [-0.4, -0.2) is 21.8 Å². The molecule has 7 heteroatoms. The standard InChI is InChI=1S/C18H16ClFN2O3/c1-11-5-6-12(9-17(11)22(24)25)18(23)21(13-7-8-13)10-14-15(19)3-2-4-16(14)20/h2-6,9,13H,7-8,10H2,1H3. The minimum atomic E-state index is -0.513. The van der Waals surface area contributed by atoms with Crippen LogP contribution < -0.4 is 0 Å². The van der Waals surface area contributed by atoms with Gasteiger partial charge in [0.1, 0.15) is 5.82 Å². The second-order valence-electron chi connectivity index (χ2n) is 6.12. The third kappa shape index (κ3) is 3.64. The first-order valence-corrected chi connectivity index (χ1v) is 8.25. The monoisotopic (exact) mass is 362 g/mol. The van der Waals surface area contributed by atoms with Gasteiger partial charge in [0.05, 0.1) is 11.5 Å². The molecule has 3 rings (SSSR count). The van der Waals surface area contributed by atoms with E-state index in [1.54, 1.807) is 30.0 Å². The van der Waals surface area contributed by atoms with Gasteiger partial charge in [-0.3, -0.25) is 14.9 Å². The van der Waals surface area contributed by atoms with Gasteiger partial charge in [-0.05, 0) is 38.0 Å². The predicted molar refractivity (Wildman–Crippen MR) is 92.1 cm³/mol. The van der Waals surface area contributed by atoms with Gasteiger partial charge < -0.3 is 4.90 Å². The van der Waals surface area contributed by atoms with Crippen molar-refractivity contribution in [2.24, 2.45) is 0 Å². The summed E-state index contributed by atoms with van der Waals surface area (Å²) in [7, 11) is 0. The van der Waals surface area contributed by atoms with E-state index in [1.165, 1.54) is 18.2 Å². The molecular weight excluding hydrogens is 347 g/mol. The van der Waals surface area contributed by atoms with Gasteiger partial charge in [0.2, 0.25) is 0 Å². The van der Waals surface area contributed by atoms with E-state index in [4.69, 9.17) is 11.6 Å². The minimum Gasteiger partial charge on any atom is -0.331 e. The summed E-state index contributed by atoms with van der Waals surface area (Å²) in [4.78, 5) is 25.0. The second-order valence-corrected chi connectivity index (χ2v) is 6.53. The van der Waals surface area contributed by atoms with Crippen LogP contribution in [-0.2, 0) is 6.54 Å². The van der Waals surface area contributed by atoms with Gasteiger partial charge in [0, 0.05) is 33.8 Å². The lowest BCUT2D eigenvalue weighted by atomic mass is 10.1. The first-order valence-electron chi connectivity index (χ1n) is 7.87. The number of nitro groups is 1. The van der Waals surface area contributed by atoms with E-state index >= 15 is 0 Å². The highest BCUT2D eigenvalue weighted by Crippen LogP contribution is 2.32. The molecule has 0 N–H and O–H groups in total. The topological polar surface area (TPSA) is 63.5 Å². The molecule has 0 aliphatic heterocycles. The van der Waals surface area contributed by atoms with E-state index in [1.807, 2.05) is 0 Å². The van der Waals surface area contributed by atoms with Crippen LogP contribution >= 0.6 is 11.6 Å². The highest BCUT2D eigenvalue weighted by atomic mass is 35.5. The molecule has 0 spiro atoms. The summed E-state index contributed by atoms with van der Waals surface area (Å²) in [6.07, 6.45) is 1.65. The summed E-state index contributed by atoms with van der Waals surface area (Å²) in [5, 5.41) is 11.4. The van der Waals surface area contributed by atoms with Crippen LogP contribution in [0.3, 0.4) is 0 Å². The molecule has 25 heavy (non-hydrogen) atoms. The van der Waals surface area contributed by atoms with Gasteiger partial charge in [-0.2, -0.15) is 0 Å². The van der Waals surface area contributed by atoms with Crippen LogP contribution in [0.5, 0.6) is 0 Å². The third-order valence-electron chi connectivity index (χ3n) is 4.29. The Morgan fingerprint density at radius 1 is 1.36 bits per heavy atom. The van der Waals surface area contributed by atoms with Gasteiger partial charge in [-0.1, -0.05) is 23.7 Å². The quantitative estimate of drug-likeness (QED) is 0.581. The van der Waals surface area contributed by atoms with Gasteiger partial charge >= 0.3 is 0 Å². The molecule has 130 valence electrons. The summed E-state index contributed by atoms with van der Waals surface area (Å²) < 4.78 is 14.1.